The average molecular weight is 264 g/mol. The predicted molar refractivity (Wildman–Crippen MR) is 73.9 cm³/mol. The molecule has 2 rings (SSSR count). The van der Waals surface area contributed by atoms with Crippen molar-refractivity contribution in [1.82, 2.24) is 20.1 Å². The van der Waals surface area contributed by atoms with Crippen molar-refractivity contribution in [3.05, 3.63) is 11.6 Å². The molecule has 5 heteroatoms. The molecule has 0 aromatic carbocycles. The van der Waals surface area contributed by atoms with Gasteiger partial charge >= 0.3 is 0 Å². The number of likely N-dealkylation sites (tertiary alicyclic amines) is 1. The first-order chi connectivity index (χ1) is 9.08. The first kappa shape index (κ1) is 14.0. The summed E-state index contributed by atoms with van der Waals surface area (Å²) in [5.74, 6) is 1.10. The van der Waals surface area contributed by atoms with E-state index in [1.165, 1.54) is 6.42 Å². The zero-order chi connectivity index (χ0) is 13.9. The molecule has 5 nitrogen and oxygen atoms in total. The van der Waals surface area contributed by atoms with Crippen LogP contribution in [0.2, 0.25) is 0 Å². The number of hydrogen-bond donors (Lipinski definition) is 1. The van der Waals surface area contributed by atoms with E-state index in [4.69, 9.17) is 0 Å². The highest BCUT2D eigenvalue weighted by Gasteiger charge is 2.31. The summed E-state index contributed by atoms with van der Waals surface area (Å²) in [7, 11) is 0. The lowest BCUT2D eigenvalue weighted by atomic mass is 9.78. The molecule has 0 radical (unpaired) electrons. The van der Waals surface area contributed by atoms with E-state index in [0.29, 0.717) is 11.2 Å². The van der Waals surface area contributed by atoms with Gasteiger partial charge in [0.05, 0.1) is 0 Å². The van der Waals surface area contributed by atoms with Crippen molar-refractivity contribution in [2.24, 2.45) is 5.41 Å². The number of carbonyl (C=O) groups is 1. The van der Waals surface area contributed by atoms with Crippen LogP contribution in [0.3, 0.4) is 0 Å². The van der Waals surface area contributed by atoms with Crippen LogP contribution in [0.25, 0.3) is 0 Å². The molecule has 1 fully saturated rings. The molecule has 1 aromatic rings. The quantitative estimate of drug-likeness (QED) is 0.908. The molecule has 2 heterocycles. The molecule has 1 aliphatic rings. The highest BCUT2D eigenvalue weighted by atomic mass is 16.2. The van der Waals surface area contributed by atoms with Gasteiger partial charge in [0, 0.05) is 19.5 Å². The highest BCUT2D eigenvalue weighted by molar-refractivity contribution is 5.90. The van der Waals surface area contributed by atoms with Crippen molar-refractivity contribution < 1.29 is 4.79 Å². The summed E-state index contributed by atoms with van der Waals surface area (Å²) in [6, 6.07) is 0. The van der Waals surface area contributed by atoms with Gasteiger partial charge in [-0.25, -0.2) is 4.98 Å². The summed E-state index contributed by atoms with van der Waals surface area (Å²) in [4.78, 5) is 18.5. The lowest BCUT2D eigenvalue weighted by Gasteiger charge is -2.38. The molecule has 0 bridgehead atoms. The van der Waals surface area contributed by atoms with Gasteiger partial charge in [-0.3, -0.25) is 9.89 Å². The van der Waals surface area contributed by atoms with Gasteiger partial charge in [-0.05, 0) is 24.7 Å². The topological polar surface area (TPSA) is 61.9 Å². The number of H-pyrrole nitrogens is 1. The van der Waals surface area contributed by atoms with E-state index in [1.807, 2.05) is 4.90 Å². The Labute approximate surface area is 114 Å². The first-order valence-electron chi connectivity index (χ1n) is 7.28. The summed E-state index contributed by atoms with van der Waals surface area (Å²) in [5, 5.41) is 6.88. The number of rotatable bonds is 4. The van der Waals surface area contributed by atoms with E-state index < -0.39 is 0 Å². The van der Waals surface area contributed by atoms with Gasteiger partial charge in [-0.2, -0.15) is 0 Å². The number of aromatic nitrogens is 3. The second kappa shape index (κ2) is 5.72. The van der Waals surface area contributed by atoms with Crippen LogP contribution in [-0.2, 0) is 6.42 Å². The molecule has 0 aliphatic carbocycles. The van der Waals surface area contributed by atoms with Crippen molar-refractivity contribution in [3.63, 3.8) is 0 Å². The molecular formula is C14H24N4O. The summed E-state index contributed by atoms with van der Waals surface area (Å²) in [5.41, 5.74) is 0.392. The van der Waals surface area contributed by atoms with Crippen LogP contribution in [0.1, 0.15) is 62.9 Å². The molecule has 0 saturated carbocycles. The molecule has 1 N–H and O–H groups in total. The minimum Gasteiger partial charge on any atom is -0.336 e. The predicted octanol–water partition coefficient (Wildman–Crippen LogP) is 2.41. The van der Waals surface area contributed by atoms with Gasteiger partial charge in [0.25, 0.3) is 5.91 Å². The third kappa shape index (κ3) is 3.14. The molecule has 0 spiro atoms. The van der Waals surface area contributed by atoms with Crippen LogP contribution in [0, 0.1) is 5.41 Å². The highest BCUT2D eigenvalue weighted by Crippen LogP contribution is 2.34. The number of nitrogens with one attached hydrogen (secondary N) is 1. The zero-order valence-electron chi connectivity index (χ0n) is 12.2. The van der Waals surface area contributed by atoms with Crippen molar-refractivity contribution in [2.45, 2.75) is 52.9 Å². The molecule has 0 atom stereocenters. The molecule has 1 aromatic heterocycles. The standard InChI is InChI=1S/C14H24N4O/c1-4-6-11-15-12(17-16-11)13(19)18-9-7-14(3,5-2)8-10-18/h4-10H2,1-3H3,(H,15,16,17). The van der Waals surface area contributed by atoms with Crippen molar-refractivity contribution in [2.75, 3.05) is 13.1 Å². The van der Waals surface area contributed by atoms with Crippen molar-refractivity contribution in [3.8, 4) is 0 Å². The molecule has 0 unspecified atom stereocenters. The summed E-state index contributed by atoms with van der Waals surface area (Å²) >= 11 is 0. The molecule has 1 aliphatic heterocycles. The van der Waals surface area contributed by atoms with E-state index in [9.17, 15) is 4.79 Å². The number of aromatic amines is 1. The van der Waals surface area contributed by atoms with Crippen LogP contribution >= 0.6 is 0 Å². The second-order valence-corrected chi connectivity index (χ2v) is 5.81. The smallest absolute Gasteiger partial charge is 0.293 e. The van der Waals surface area contributed by atoms with Crippen LogP contribution in [0.5, 0.6) is 0 Å². The molecule has 19 heavy (non-hydrogen) atoms. The van der Waals surface area contributed by atoms with Crippen molar-refractivity contribution >= 4 is 5.91 Å². The molecule has 1 amide bonds. The maximum atomic E-state index is 12.3. The average Bonchev–Trinajstić information content (AvgIpc) is 2.88. The zero-order valence-corrected chi connectivity index (χ0v) is 12.2. The Morgan fingerprint density at radius 3 is 2.63 bits per heavy atom. The minimum absolute atomic E-state index is 0.0308. The Morgan fingerprint density at radius 1 is 1.37 bits per heavy atom. The molecular weight excluding hydrogens is 240 g/mol. The SMILES string of the molecule is CCCc1nc(C(=O)N2CCC(C)(CC)CC2)n[nH]1. The Morgan fingerprint density at radius 2 is 2.05 bits per heavy atom. The lowest BCUT2D eigenvalue weighted by Crippen LogP contribution is -2.42. The fourth-order valence-electron chi connectivity index (χ4n) is 2.48. The van der Waals surface area contributed by atoms with Gasteiger partial charge in [0.15, 0.2) is 0 Å². The minimum atomic E-state index is -0.0308. The Bertz CT molecular complexity index is 432. The Balaban J connectivity index is 1.97. The summed E-state index contributed by atoms with van der Waals surface area (Å²) < 4.78 is 0. The number of nitrogens with zero attached hydrogens (tertiary/aromatic N) is 3. The normalized spacial score (nSPS) is 18.6. The van der Waals surface area contributed by atoms with E-state index >= 15 is 0 Å². The van der Waals surface area contributed by atoms with Gasteiger partial charge in [-0.15, -0.1) is 5.10 Å². The number of carbonyl (C=O) groups excluding carboxylic acids is 1. The van der Waals surface area contributed by atoms with Crippen molar-refractivity contribution in [1.29, 1.82) is 0 Å². The fraction of sp³-hybridized carbons (Fsp3) is 0.786. The van der Waals surface area contributed by atoms with Gasteiger partial charge in [0.1, 0.15) is 5.82 Å². The first-order valence-corrected chi connectivity index (χ1v) is 7.28. The second-order valence-electron chi connectivity index (χ2n) is 5.81. The van der Waals surface area contributed by atoms with Crippen LogP contribution < -0.4 is 0 Å². The van der Waals surface area contributed by atoms with E-state index in [0.717, 1.165) is 44.6 Å². The number of aryl methyl sites for hydroxylation is 1. The molecule has 106 valence electrons. The third-order valence-electron chi connectivity index (χ3n) is 4.32. The number of amides is 1. The van der Waals surface area contributed by atoms with Gasteiger partial charge in [-0.1, -0.05) is 27.2 Å². The largest absolute Gasteiger partial charge is 0.336 e. The van der Waals surface area contributed by atoms with E-state index in [-0.39, 0.29) is 5.91 Å². The maximum absolute atomic E-state index is 12.3. The van der Waals surface area contributed by atoms with Crippen LogP contribution in [-0.4, -0.2) is 39.1 Å². The van der Waals surface area contributed by atoms with E-state index in [2.05, 4.69) is 36.0 Å². The summed E-state index contributed by atoms with van der Waals surface area (Å²) in [6.45, 7) is 8.26. The van der Waals surface area contributed by atoms with Crippen LogP contribution in [0.4, 0.5) is 0 Å². The summed E-state index contributed by atoms with van der Waals surface area (Å²) in [6.07, 6.45) is 5.16. The maximum Gasteiger partial charge on any atom is 0.293 e. The van der Waals surface area contributed by atoms with E-state index in [1.54, 1.807) is 0 Å². The number of piperidine rings is 1. The number of hydrogen-bond acceptors (Lipinski definition) is 3. The molecule has 1 saturated heterocycles. The fourth-order valence-corrected chi connectivity index (χ4v) is 2.48. The van der Waals surface area contributed by atoms with Gasteiger partial charge < -0.3 is 4.90 Å². The van der Waals surface area contributed by atoms with Gasteiger partial charge in [0.2, 0.25) is 5.82 Å². The Kier molecular flexibility index (Phi) is 4.22. The lowest BCUT2D eigenvalue weighted by molar-refractivity contribution is 0.0589. The third-order valence-corrected chi connectivity index (χ3v) is 4.32. The monoisotopic (exact) mass is 264 g/mol. The van der Waals surface area contributed by atoms with Crippen LogP contribution in [0.15, 0.2) is 0 Å². The Hall–Kier alpha value is -1.39.